The molecular weight excluding hydrogens is 384 g/mol. The largest absolute Gasteiger partial charge is 0.476 e. The van der Waals surface area contributed by atoms with E-state index in [0.717, 1.165) is 25.7 Å². The summed E-state index contributed by atoms with van der Waals surface area (Å²) >= 11 is 0. The molecule has 0 atom stereocenters. The van der Waals surface area contributed by atoms with Crippen LogP contribution in [-0.2, 0) is 19.2 Å². The third-order valence-corrected chi connectivity index (χ3v) is 5.53. The van der Waals surface area contributed by atoms with Crippen LogP contribution in [-0.4, -0.2) is 33.7 Å². The molecule has 0 radical (unpaired) electrons. The lowest BCUT2D eigenvalue weighted by Gasteiger charge is -2.04. The van der Waals surface area contributed by atoms with Crippen molar-refractivity contribution in [3.8, 4) is 0 Å². The maximum absolute atomic E-state index is 10.9. The molecule has 0 aliphatic heterocycles. The molecule has 0 spiro atoms. The van der Waals surface area contributed by atoms with E-state index in [4.69, 9.17) is 10.2 Å². The van der Waals surface area contributed by atoms with Crippen molar-refractivity contribution < 1.29 is 29.4 Å². The van der Waals surface area contributed by atoms with Crippen molar-refractivity contribution in [2.24, 2.45) is 0 Å². The molecule has 0 aliphatic rings. The summed E-state index contributed by atoms with van der Waals surface area (Å²) in [4.78, 5) is 42.6. The fourth-order valence-electron chi connectivity index (χ4n) is 3.61. The number of carbonyl (C=O) groups excluding carboxylic acids is 2. The molecule has 0 unspecified atom stereocenters. The van der Waals surface area contributed by atoms with Gasteiger partial charge in [0.25, 0.3) is 0 Å². The minimum Gasteiger partial charge on any atom is -0.476 e. The summed E-state index contributed by atoms with van der Waals surface area (Å²) in [6.07, 6.45) is 21.0. The van der Waals surface area contributed by atoms with Crippen molar-refractivity contribution in [1.82, 2.24) is 0 Å². The van der Waals surface area contributed by atoms with Crippen molar-refractivity contribution in [2.75, 3.05) is 0 Å². The van der Waals surface area contributed by atoms with E-state index in [-0.39, 0.29) is 12.8 Å². The van der Waals surface area contributed by atoms with Crippen LogP contribution in [0.15, 0.2) is 0 Å². The summed E-state index contributed by atoms with van der Waals surface area (Å²) in [5, 5.41) is 17.0. The topological polar surface area (TPSA) is 109 Å². The number of carbonyl (C=O) groups is 4. The Bertz CT molecular complexity index is 442. The lowest BCUT2D eigenvalue weighted by Crippen LogP contribution is -2.11. The number of unbranched alkanes of at least 4 members (excludes halogenated alkanes) is 17. The Morgan fingerprint density at radius 1 is 0.333 bits per heavy atom. The summed E-state index contributed by atoms with van der Waals surface area (Å²) in [6, 6.07) is 0. The fraction of sp³-hybridized carbons (Fsp3) is 0.833. The molecule has 0 heterocycles. The molecule has 0 aromatic heterocycles. The number of carboxylic acid groups (broad SMARTS) is 2. The first kappa shape index (κ1) is 28.3. The Labute approximate surface area is 181 Å². The lowest BCUT2D eigenvalue weighted by molar-refractivity contribution is -0.149. The van der Waals surface area contributed by atoms with E-state index in [1.54, 1.807) is 0 Å². The van der Waals surface area contributed by atoms with Gasteiger partial charge in [-0.1, -0.05) is 103 Å². The first-order chi connectivity index (χ1) is 14.4. The zero-order chi connectivity index (χ0) is 22.5. The minimum absolute atomic E-state index is 0.173. The Balaban J connectivity index is 3.13. The fourth-order valence-corrected chi connectivity index (χ4v) is 3.61. The van der Waals surface area contributed by atoms with Crippen molar-refractivity contribution in [3.05, 3.63) is 0 Å². The van der Waals surface area contributed by atoms with Gasteiger partial charge in [0.1, 0.15) is 0 Å². The number of aliphatic carboxylic acids is 2. The molecule has 0 rings (SSSR count). The molecule has 0 saturated carbocycles. The zero-order valence-corrected chi connectivity index (χ0v) is 18.7. The molecule has 30 heavy (non-hydrogen) atoms. The van der Waals surface area contributed by atoms with Gasteiger partial charge >= 0.3 is 11.9 Å². The second-order valence-electron chi connectivity index (χ2n) is 8.32. The first-order valence-corrected chi connectivity index (χ1v) is 12.0. The van der Waals surface area contributed by atoms with E-state index in [1.165, 1.54) is 77.0 Å². The van der Waals surface area contributed by atoms with E-state index < -0.39 is 23.5 Å². The number of rotatable bonds is 23. The van der Waals surface area contributed by atoms with Crippen LogP contribution in [0.1, 0.15) is 128 Å². The van der Waals surface area contributed by atoms with Crippen LogP contribution in [0.25, 0.3) is 0 Å². The quantitative estimate of drug-likeness (QED) is 0.151. The number of ketones is 2. The second kappa shape index (κ2) is 20.5. The highest BCUT2D eigenvalue weighted by atomic mass is 16.4. The SMILES string of the molecule is O=C(O)C(=O)CCCCCCCCCCCCCCCCCCCCC(=O)C(=O)O. The van der Waals surface area contributed by atoms with Crippen molar-refractivity contribution >= 4 is 23.5 Å². The number of hydrogen-bond acceptors (Lipinski definition) is 4. The number of hydrogen-bond donors (Lipinski definition) is 2. The molecule has 2 N–H and O–H groups in total. The highest BCUT2D eigenvalue weighted by Gasteiger charge is 2.10. The molecular formula is C24H42O6. The summed E-state index contributed by atoms with van der Waals surface area (Å²) < 4.78 is 0. The van der Waals surface area contributed by atoms with Gasteiger partial charge in [-0.2, -0.15) is 0 Å². The summed E-state index contributed by atoms with van der Waals surface area (Å²) in [5.74, 6) is -3.95. The summed E-state index contributed by atoms with van der Waals surface area (Å²) in [7, 11) is 0. The molecule has 0 saturated heterocycles. The van der Waals surface area contributed by atoms with Crippen molar-refractivity contribution in [3.63, 3.8) is 0 Å². The Morgan fingerprint density at radius 2 is 0.500 bits per heavy atom. The lowest BCUT2D eigenvalue weighted by atomic mass is 10.0. The zero-order valence-electron chi connectivity index (χ0n) is 18.7. The average molecular weight is 427 g/mol. The third-order valence-electron chi connectivity index (χ3n) is 5.53. The van der Waals surface area contributed by atoms with Crippen LogP contribution in [0.5, 0.6) is 0 Å². The maximum Gasteiger partial charge on any atom is 0.372 e. The van der Waals surface area contributed by atoms with Gasteiger partial charge in [-0.15, -0.1) is 0 Å². The molecule has 0 aromatic carbocycles. The standard InChI is InChI=1S/C24H42O6/c25-21(23(27)28)19-17-15-13-11-9-7-5-3-1-2-4-6-8-10-12-14-16-18-20-22(26)24(29)30/h1-20H2,(H,27,28)(H,29,30). The van der Waals surface area contributed by atoms with Crippen LogP contribution >= 0.6 is 0 Å². The molecule has 6 nitrogen and oxygen atoms in total. The van der Waals surface area contributed by atoms with Gasteiger partial charge in [0, 0.05) is 12.8 Å². The Morgan fingerprint density at radius 3 is 0.667 bits per heavy atom. The molecule has 0 amide bonds. The monoisotopic (exact) mass is 426 g/mol. The van der Waals surface area contributed by atoms with Gasteiger partial charge in [-0.05, 0) is 12.8 Å². The van der Waals surface area contributed by atoms with E-state index >= 15 is 0 Å². The molecule has 0 aliphatic carbocycles. The van der Waals surface area contributed by atoms with Gasteiger partial charge < -0.3 is 10.2 Å². The predicted molar refractivity (Wildman–Crippen MR) is 118 cm³/mol. The van der Waals surface area contributed by atoms with Crippen molar-refractivity contribution in [1.29, 1.82) is 0 Å². The molecule has 174 valence electrons. The van der Waals surface area contributed by atoms with E-state index in [9.17, 15) is 19.2 Å². The van der Waals surface area contributed by atoms with Crippen LogP contribution in [0.3, 0.4) is 0 Å². The maximum atomic E-state index is 10.9. The van der Waals surface area contributed by atoms with Crippen LogP contribution in [0.2, 0.25) is 0 Å². The average Bonchev–Trinajstić information content (AvgIpc) is 2.71. The molecule has 0 aromatic rings. The van der Waals surface area contributed by atoms with Crippen molar-refractivity contribution in [2.45, 2.75) is 128 Å². The van der Waals surface area contributed by atoms with Crippen LogP contribution < -0.4 is 0 Å². The first-order valence-electron chi connectivity index (χ1n) is 12.0. The number of carboxylic acids is 2. The highest BCUT2D eigenvalue weighted by Crippen LogP contribution is 2.15. The predicted octanol–water partition coefficient (Wildman–Crippen LogP) is 6.10. The minimum atomic E-state index is -1.31. The van der Waals surface area contributed by atoms with Crippen LogP contribution in [0.4, 0.5) is 0 Å². The molecule has 0 bridgehead atoms. The molecule has 6 heteroatoms. The van der Waals surface area contributed by atoms with Gasteiger partial charge in [-0.25, -0.2) is 9.59 Å². The van der Waals surface area contributed by atoms with Gasteiger partial charge in [-0.3, -0.25) is 9.59 Å². The Hall–Kier alpha value is -1.72. The van der Waals surface area contributed by atoms with E-state index in [1.807, 2.05) is 0 Å². The van der Waals surface area contributed by atoms with E-state index in [0.29, 0.717) is 12.8 Å². The van der Waals surface area contributed by atoms with Gasteiger partial charge in [0.15, 0.2) is 0 Å². The summed E-state index contributed by atoms with van der Waals surface area (Å²) in [5.41, 5.74) is 0. The number of Topliss-reactive ketones (excluding diaryl/α,β-unsaturated/α-hetero) is 2. The van der Waals surface area contributed by atoms with Crippen LogP contribution in [0, 0.1) is 0 Å². The Kier molecular flexibility index (Phi) is 19.4. The normalized spacial score (nSPS) is 10.8. The molecule has 0 fully saturated rings. The highest BCUT2D eigenvalue weighted by molar-refractivity contribution is 6.32. The smallest absolute Gasteiger partial charge is 0.372 e. The third kappa shape index (κ3) is 19.6. The van der Waals surface area contributed by atoms with Gasteiger partial charge in [0.2, 0.25) is 11.6 Å². The van der Waals surface area contributed by atoms with E-state index in [2.05, 4.69) is 0 Å². The second-order valence-corrected chi connectivity index (χ2v) is 8.32. The summed E-state index contributed by atoms with van der Waals surface area (Å²) in [6.45, 7) is 0. The van der Waals surface area contributed by atoms with Gasteiger partial charge in [0.05, 0.1) is 0 Å².